The molecule has 0 aliphatic carbocycles. The predicted octanol–water partition coefficient (Wildman–Crippen LogP) is 5.31. The van der Waals surface area contributed by atoms with Crippen molar-refractivity contribution >= 4 is 45.6 Å². The molecule has 0 bridgehead atoms. The van der Waals surface area contributed by atoms with Crippen LogP contribution in [-0.4, -0.2) is 52.6 Å². The average molecular weight is 492 g/mol. The molecule has 2 aromatic heterocycles. The maximum atomic E-state index is 14.6. The number of likely N-dealkylation sites (N-methyl/N-ethyl adjacent to an activating group) is 1. The minimum absolute atomic E-state index is 0.278. The molecule has 2 N–H and O–H groups in total. The van der Waals surface area contributed by atoms with Crippen LogP contribution < -0.4 is 15.5 Å². The third-order valence-electron chi connectivity index (χ3n) is 6.23. The molecule has 1 fully saturated rings. The lowest BCUT2D eigenvalue weighted by Gasteiger charge is -2.34. The molecule has 0 spiro atoms. The molecule has 0 unspecified atom stereocenters. The summed E-state index contributed by atoms with van der Waals surface area (Å²) in [6, 6.07) is 14.3. The lowest BCUT2D eigenvalue weighted by atomic mass is 10.1. The van der Waals surface area contributed by atoms with Crippen molar-refractivity contribution in [3.63, 3.8) is 0 Å². The average Bonchev–Trinajstić information content (AvgIpc) is 2.89. The number of piperazine rings is 1. The number of aromatic nitrogens is 3. The minimum Gasteiger partial charge on any atom is -0.366 e. The zero-order valence-electron chi connectivity index (χ0n) is 19.5. The second-order valence-corrected chi connectivity index (χ2v) is 8.90. The molecule has 0 saturated carbocycles. The Balaban J connectivity index is 1.28. The summed E-state index contributed by atoms with van der Waals surface area (Å²) in [5.74, 6) is 1.09. The van der Waals surface area contributed by atoms with Gasteiger partial charge in [-0.25, -0.2) is 9.37 Å². The van der Waals surface area contributed by atoms with Crippen molar-refractivity contribution in [2.24, 2.45) is 0 Å². The molecule has 4 aromatic rings. The molecule has 5 rings (SSSR count). The molecular formula is C26H27ClFN7. The molecule has 0 radical (unpaired) electrons. The highest BCUT2D eigenvalue weighted by atomic mass is 35.5. The minimum atomic E-state index is -0.278. The van der Waals surface area contributed by atoms with Gasteiger partial charge in [-0.15, -0.1) is 0 Å². The van der Waals surface area contributed by atoms with Gasteiger partial charge < -0.3 is 20.4 Å². The van der Waals surface area contributed by atoms with E-state index in [0.29, 0.717) is 28.9 Å². The van der Waals surface area contributed by atoms with Gasteiger partial charge in [0.25, 0.3) is 0 Å². The van der Waals surface area contributed by atoms with Gasteiger partial charge in [-0.1, -0.05) is 18.5 Å². The second kappa shape index (κ2) is 10.4. The van der Waals surface area contributed by atoms with Crippen LogP contribution in [0.3, 0.4) is 0 Å². The van der Waals surface area contributed by atoms with Gasteiger partial charge in [0.1, 0.15) is 11.6 Å². The van der Waals surface area contributed by atoms with Crippen molar-refractivity contribution in [2.75, 3.05) is 48.3 Å². The van der Waals surface area contributed by atoms with Crippen molar-refractivity contribution in [1.29, 1.82) is 0 Å². The number of fused-ring (bicyclic) bond motifs is 1. The van der Waals surface area contributed by atoms with Gasteiger partial charge in [0.15, 0.2) is 0 Å². The number of hydrogen-bond donors (Lipinski definition) is 2. The van der Waals surface area contributed by atoms with E-state index in [-0.39, 0.29) is 5.82 Å². The quantitative estimate of drug-likeness (QED) is 0.363. The highest BCUT2D eigenvalue weighted by molar-refractivity contribution is 6.31. The summed E-state index contributed by atoms with van der Waals surface area (Å²) in [6.07, 6.45) is 3.47. The molecule has 0 atom stereocenters. The van der Waals surface area contributed by atoms with Crippen LogP contribution in [0.4, 0.5) is 27.5 Å². The van der Waals surface area contributed by atoms with E-state index < -0.39 is 0 Å². The maximum Gasteiger partial charge on any atom is 0.227 e. The first-order valence-electron chi connectivity index (χ1n) is 11.7. The van der Waals surface area contributed by atoms with Gasteiger partial charge in [-0.2, -0.15) is 4.98 Å². The van der Waals surface area contributed by atoms with E-state index in [2.05, 4.69) is 42.3 Å². The molecule has 180 valence electrons. The third kappa shape index (κ3) is 5.44. The SMILES string of the molecule is CCN1CCN(c2nccc(NCc3cc(Nc4ccnc5cc(Cl)ccc45)ccc3F)n2)CC1. The Hall–Kier alpha value is -3.49. The Morgan fingerprint density at radius 1 is 0.971 bits per heavy atom. The van der Waals surface area contributed by atoms with Crippen molar-refractivity contribution in [3.8, 4) is 0 Å². The van der Waals surface area contributed by atoms with E-state index in [4.69, 9.17) is 11.6 Å². The molecule has 1 aliphatic heterocycles. The fourth-order valence-electron chi connectivity index (χ4n) is 4.22. The number of nitrogens with zero attached hydrogens (tertiary/aromatic N) is 5. The van der Waals surface area contributed by atoms with E-state index in [9.17, 15) is 4.39 Å². The normalized spacial score (nSPS) is 14.3. The van der Waals surface area contributed by atoms with Gasteiger partial charge in [0.05, 0.1) is 5.52 Å². The standard InChI is InChI=1S/C26H27ClFN7/c1-2-34-11-13-35(14-12-34)26-30-10-8-25(33-26)31-17-18-15-20(4-6-22(18)28)32-23-7-9-29-24-16-19(27)3-5-21(23)24/h3-10,15-16H,2,11-14,17H2,1H3,(H,29,32)(H,30,31,33). The second-order valence-electron chi connectivity index (χ2n) is 8.47. The number of hydrogen-bond acceptors (Lipinski definition) is 7. The molecule has 0 amide bonds. The summed E-state index contributed by atoms with van der Waals surface area (Å²) in [6.45, 7) is 7.33. The van der Waals surface area contributed by atoms with Gasteiger partial charge >= 0.3 is 0 Å². The van der Waals surface area contributed by atoms with E-state index >= 15 is 0 Å². The summed E-state index contributed by atoms with van der Waals surface area (Å²) < 4.78 is 14.6. The Morgan fingerprint density at radius 2 is 1.80 bits per heavy atom. The Bertz CT molecular complexity index is 1320. The Labute approximate surface area is 209 Å². The van der Waals surface area contributed by atoms with E-state index in [1.165, 1.54) is 6.07 Å². The first-order valence-corrected chi connectivity index (χ1v) is 12.1. The highest BCUT2D eigenvalue weighted by Gasteiger charge is 2.18. The largest absolute Gasteiger partial charge is 0.366 e. The third-order valence-corrected chi connectivity index (χ3v) is 6.47. The van der Waals surface area contributed by atoms with Crippen LogP contribution in [0.25, 0.3) is 10.9 Å². The summed E-state index contributed by atoms with van der Waals surface area (Å²) in [4.78, 5) is 18.1. The first kappa shape index (κ1) is 23.3. The fraction of sp³-hybridized carbons (Fsp3) is 0.269. The predicted molar refractivity (Wildman–Crippen MR) is 140 cm³/mol. The van der Waals surface area contributed by atoms with Crippen LogP contribution in [0.1, 0.15) is 12.5 Å². The number of benzene rings is 2. The zero-order valence-corrected chi connectivity index (χ0v) is 20.3. The fourth-order valence-corrected chi connectivity index (χ4v) is 4.39. The van der Waals surface area contributed by atoms with Crippen molar-refractivity contribution in [3.05, 3.63) is 77.3 Å². The zero-order chi connectivity index (χ0) is 24.2. The summed E-state index contributed by atoms with van der Waals surface area (Å²) in [7, 11) is 0. The first-order chi connectivity index (χ1) is 17.1. The molecule has 3 heterocycles. The lowest BCUT2D eigenvalue weighted by Crippen LogP contribution is -2.46. The molecule has 9 heteroatoms. The number of nitrogens with one attached hydrogen (secondary N) is 2. The van der Waals surface area contributed by atoms with Gasteiger partial charge in [-0.3, -0.25) is 4.98 Å². The Kier molecular flexibility index (Phi) is 6.92. The van der Waals surface area contributed by atoms with Crippen LogP contribution in [0, 0.1) is 5.82 Å². The Morgan fingerprint density at radius 3 is 2.63 bits per heavy atom. The molecule has 7 nitrogen and oxygen atoms in total. The topological polar surface area (TPSA) is 69.2 Å². The summed E-state index contributed by atoms with van der Waals surface area (Å²) in [5.41, 5.74) is 2.99. The van der Waals surface area contributed by atoms with Gasteiger partial charge in [0, 0.05) is 72.5 Å². The maximum absolute atomic E-state index is 14.6. The number of pyridine rings is 1. The lowest BCUT2D eigenvalue weighted by molar-refractivity contribution is 0.270. The summed E-state index contributed by atoms with van der Waals surface area (Å²) in [5, 5.41) is 8.20. The van der Waals surface area contributed by atoms with Crippen LogP contribution in [0.2, 0.25) is 5.02 Å². The monoisotopic (exact) mass is 491 g/mol. The highest BCUT2D eigenvalue weighted by Crippen LogP contribution is 2.28. The van der Waals surface area contributed by atoms with E-state index in [1.54, 1.807) is 30.6 Å². The van der Waals surface area contributed by atoms with E-state index in [1.807, 2.05) is 24.3 Å². The number of halogens is 2. The number of rotatable bonds is 7. The molecule has 1 aliphatic rings. The van der Waals surface area contributed by atoms with E-state index in [0.717, 1.165) is 55.0 Å². The number of anilines is 4. The van der Waals surface area contributed by atoms with Crippen molar-refractivity contribution in [2.45, 2.75) is 13.5 Å². The molecule has 2 aromatic carbocycles. The van der Waals surface area contributed by atoms with Crippen LogP contribution in [0.15, 0.2) is 60.9 Å². The van der Waals surface area contributed by atoms with Crippen molar-refractivity contribution in [1.82, 2.24) is 19.9 Å². The van der Waals surface area contributed by atoms with Crippen LogP contribution in [-0.2, 0) is 6.54 Å². The molecule has 35 heavy (non-hydrogen) atoms. The molecular weight excluding hydrogens is 465 g/mol. The van der Waals surface area contributed by atoms with Crippen LogP contribution >= 0.6 is 11.6 Å². The van der Waals surface area contributed by atoms with Gasteiger partial charge in [0.2, 0.25) is 5.95 Å². The summed E-state index contributed by atoms with van der Waals surface area (Å²) >= 11 is 6.10. The van der Waals surface area contributed by atoms with Crippen molar-refractivity contribution < 1.29 is 4.39 Å². The van der Waals surface area contributed by atoms with Crippen LogP contribution in [0.5, 0.6) is 0 Å². The molecule has 1 saturated heterocycles. The smallest absolute Gasteiger partial charge is 0.227 e. The van der Waals surface area contributed by atoms with Gasteiger partial charge in [-0.05, 0) is 55.1 Å².